The van der Waals surface area contributed by atoms with E-state index in [1.807, 2.05) is 24.3 Å². The van der Waals surface area contributed by atoms with Crippen molar-refractivity contribution in [3.8, 4) is 0 Å². The predicted molar refractivity (Wildman–Crippen MR) is 108 cm³/mol. The van der Waals surface area contributed by atoms with Crippen LogP contribution in [0.2, 0.25) is 0 Å². The van der Waals surface area contributed by atoms with Gasteiger partial charge >= 0.3 is 5.97 Å². The van der Waals surface area contributed by atoms with E-state index in [2.05, 4.69) is 20.2 Å². The summed E-state index contributed by atoms with van der Waals surface area (Å²) in [4.78, 5) is 34.8. The average Bonchev–Trinajstić information content (AvgIpc) is 2.78. The van der Waals surface area contributed by atoms with Crippen LogP contribution < -0.4 is 10.2 Å². The van der Waals surface area contributed by atoms with Crippen molar-refractivity contribution >= 4 is 34.3 Å². The van der Waals surface area contributed by atoms with Gasteiger partial charge in [-0.1, -0.05) is 0 Å². The summed E-state index contributed by atoms with van der Waals surface area (Å²) in [5.74, 6) is -0.992. The van der Waals surface area contributed by atoms with Gasteiger partial charge in [0.25, 0.3) is 5.91 Å². The standard InChI is InChI=1S/C21H20N4O4/c26-20(24-16-2-4-17(5-3-16)25-9-11-28-12-10-25)14-29-21(27)15-1-6-18-19(13-15)23-8-7-22-18/h1-8,13H,9-12,14H2,(H,24,26). The van der Waals surface area contributed by atoms with Crippen molar-refractivity contribution in [2.24, 2.45) is 0 Å². The van der Waals surface area contributed by atoms with Crippen LogP contribution in [-0.4, -0.2) is 54.8 Å². The molecule has 0 aliphatic carbocycles. The van der Waals surface area contributed by atoms with E-state index in [9.17, 15) is 9.59 Å². The maximum absolute atomic E-state index is 12.2. The van der Waals surface area contributed by atoms with Gasteiger partial charge in [-0.15, -0.1) is 0 Å². The van der Waals surface area contributed by atoms with Crippen LogP contribution in [0, 0.1) is 0 Å². The minimum Gasteiger partial charge on any atom is -0.452 e. The Balaban J connectivity index is 1.30. The van der Waals surface area contributed by atoms with Crippen LogP contribution in [-0.2, 0) is 14.3 Å². The van der Waals surface area contributed by atoms with Gasteiger partial charge in [0.2, 0.25) is 0 Å². The smallest absolute Gasteiger partial charge is 0.338 e. The van der Waals surface area contributed by atoms with Gasteiger partial charge in [-0.25, -0.2) is 4.79 Å². The number of carbonyl (C=O) groups excluding carboxylic acids is 2. The van der Waals surface area contributed by atoms with Crippen molar-refractivity contribution in [1.82, 2.24) is 9.97 Å². The number of esters is 1. The number of aromatic nitrogens is 2. The minimum atomic E-state index is -0.588. The topological polar surface area (TPSA) is 93.7 Å². The third kappa shape index (κ3) is 4.67. The lowest BCUT2D eigenvalue weighted by Gasteiger charge is -2.28. The molecule has 4 rings (SSSR count). The summed E-state index contributed by atoms with van der Waals surface area (Å²) < 4.78 is 10.5. The molecule has 148 valence electrons. The lowest BCUT2D eigenvalue weighted by atomic mass is 10.2. The summed E-state index contributed by atoms with van der Waals surface area (Å²) in [6, 6.07) is 12.4. The fraction of sp³-hybridized carbons (Fsp3) is 0.238. The van der Waals surface area contributed by atoms with Gasteiger partial charge in [-0.2, -0.15) is 0 Å². The van der Waals surface area contributed by atoms with E-state index in [0.717, 1.165) is 18.8 Å². The number of fused-ring (bicyclic) bond motifs is 1. The zero-order valence-corrected chi connectivity index (χ0v) is 15.7. The second kappa shape index (κ2) is 8.66. The summed E-state index contributed by atoms with van der Waals surface area (Å²) in [5, 5.41) is 2.73. The van der Waals surface area contributed by atoms with Crippen molar-refractivity contribution < 1.29 is 19.1 Å². The van der Waals surface area contributed by atoms with Crippen molar-refractivity contribution in [3.63, 3.8) is 0 Å². The van der Waals surface area contributed by atoms with Gasteiger partial charge in [0, 0.05) is 36.9 Å². The third-order valence-electron chi connectivity index (χ3n) is 4.57. The number of nitrogens with one attached hydrogen (secondary N) is 1. The van der Waals surface area contributed by atoms with Crippen LogP contribution in [0.15, 0.2) is 54.9 Å². The summed E-state index contributed by atoms with van der Waals surface area (Å²) in [7, 11) is 0. The number of benzene rings is 2. The second-order valence-electron chi connectivity index (χ2n) is 6.53. The van der Waals surface area contributed by atoms with E-state index in [4.69, 9.17) is 9.47 Å². The number of nitrogens with zero attached hydrogens (tertiary/aromatic N) is 3. The zero-order valence-electron chi connectivity index (χ0n) is 15.7. The highest BCUT2D eigenvalue weighted by Gasteiger charge is 2.13. The first-order valence-electron chi connectivity index (χ1n) is 9.29. The Hall–Kier alpha value is -3.52. The highest BCUT2D eigenvalue weighted by atomic mass is 16.5. The summed E-state index contributed by atoms with van der Waals surface area (Å²) in [6.45, 7) is 2.76. The second-order valence-corrected chi connectivity index (χ2v) is 6.53. The number of hydrogen-bond donors (Lipinski definition) is 1. The van der Waals surface area contributed by atoms with Crippen LogP contribution in [0.5, 0.6) is 0 Å². The molecule has 2 aromatic carbocycles. The van der Waals surface area contributed by atoms with Crippen LogP contribution in [0.1, 0.15) is 10.4 Å². The molecule has 0 radical (unpaired) electrons. The van der Waals surface area contributed by atoms with Crippen molar-refractivity contribution in [1.29, 1.82) is 0 Å². The molecule has 8 nitrogen and oxygen atoms in total. The van der Waals surface area contributed by atoms with Gasteiger partial charge in [0.1, 0.15) is 0 Å². The van der Waals surface area contributed by atoms with Gasteiger partial charge in [-0.05, 0) is 42.5 Å². The molecule has 1 saturated heterocycles. The molecule has 2 heterocycles. The van der Waals surface area contributed by atoms with Gasteiger partial charge in [0.05, 0.1) is 29.8 Å². The molecule has 0 atom stereocenters. The third-order valence-corrected chi connectivity index (χ3v) is 4.57. The van der Waals surface area contributed by atoms with E-state index in [1.54, 1.807) is 30.6 Å². The van der Waals surface area contributed by atoms with Crippen LogP contribution >= 0.6 is 0 Å². The first kappa shape index (κ1) is 18.8. The van der Waals surface area contributed by atoms with Crippen molar-refractivity contribution in [3.05, 3.63) is 60.4 Å². The predicted octanol–water partition coefficient (Wildman–Crippen LogP) is 2.26. The molecule has 29 heavy (non-hydrogen) atoms. The molecule has 1 aliphatic heterocycles. The molecule has 1 aromatic heterocycles. The number of morpholine rings is 1. The Morgan fingerprint density at radius 3 is 2.48 bits per heavy atom. The molecule has 1 N–H and O–H groups in total. The Morgan fingerprint density at radius 2 is 1.72 bits per heavy atom. The van der Waals surface area contributed by atoms with Crippen LogP contribution in [0.25, 0.3) is 11.0 Å². The van der Waals surface area contributed by atoms with E-state index >= 15 is 0 Å². The highest BCUT2D eigenvalue weighted by molar-refractivity contribution is 5.97. The fourth-order valence-corrected chi connectivity index (χ4v) is 3.08. The van der Waals surface area contributed by atoms with E-state index < -0.39 is 11.9 Å². The maximum Gasteiger partial charge on any atom is 0.338 e. The van der Waals surface area contributed by atoms with Crippen LogP contribution in [0.4, 0.5) is 11.4 Å². The number of anilines is 2. The van der Waals surface area contributed by atoms with E-state index in [-0.39, 0.29) is 6.61 Å². The Morgan fingerprint density at radius 1 is 1.00 bits per heavy atom. The van der Waals surface area contributed by atoms with E-state index in [1.165, 1.54) is 0 Å². The number of hydrogen-bond acceptors (Lipinski definition) is 7. The minimum absolute atomic E-state index is 0.320. The molecule has 0 spiro atoms. The van der Waals surface area contributed by atoms with Crippen molar-refractivity contribution in [2.45, 2.75) is 0 Å². The first-order chi connectivity index (χ1) is 14.2. The largest absolute Gasteiger partial charge is 0.452 e. The Bertz CT molecular complexity index is 1020. The molecule has 1 aliphatic rings. The number of rotatable bonds is 5. The maximum atomic E-state index is 12.2. The monoisotopic (exact) mass is 392 g/mol. The van der Waals surface area contributed by atoms with Gasteiger partial charge in [0.15, 0.2) is 6.61 Å². The van der Waals surface area contributed by atoms with Gasteiger partial charge < -0.3 is 19.7 Å². The lowest BCUT2D eigenvalue weighted by molar-refractivity contribution is -0.119. The molecule has 3 aromatic rings. The summed E-state index contributed by atoms with van der Waals surface area (Å²) in [6.07, 6.45) is 3.13. The molecule has 0 bridgehead atoms. The number of ether oxygens (including phenoxy) is 2. The SMILES string of the molecule is O=C(COC(=O)c1ccc2nccnc2c1)Nc1ccc(N2CCOCC2)cc1. The average molecular weight is 392 g/mol. The van der Waals surface area contributed by atoms with Crippen LogP contribution in [0.3, 0.4) is 0 Å². The Kier molecular flexibility index (Phi) is 5.62. The summed E-state index contributed by atoms with van der Waals surface area (Å²) >= 11 is 0. The molecular weight excluding hydrogens is 372 g/mol. The van der Waals surface area contributed by atoms with Crippen molar-refractivity contribution in [2.75, 3.05) is 43.1 Å². The molecular formula is C21H20N4O4. The fourth-order valence-electron chi connectivity index (χ4n) is 3.08. The number of amides is 1. The highest BCUT2D eigenvalue weighted by Crippen LogP contribution is 2.19. The lowest BCUT2D eigenvalue weighted by Crippen LogP contribution is -2.36. The normalized spacial score (nSPS) is 13.9. The molecule has 0 unspecified atom stereocenters. The zero-order chi connectivity index (χ0) is 20.1. The van der Waals surface area contributed by atoms with E-state index in [0.29, 0.717) is 35.5 Å². The molecule has 8 heteroatoms. The quantitative estimate of drug-likeness (QED) is 0.666. The number of carbonyl (C=O) groups is 2. The first-order valence-corrected chi connectivity index (χ1v) is 9.29. The summed E-state index contributed by atoms with van der Waals surface area (Å²) in [5.41, 5.74) is 3.32. The Labute approximate surface area is 167 Å². The molecule has 1 fully saturated rings. The molecule has 1 amide bonds. The molecule has 0 saturated carbocycles. The van der Waals surface area contributed by atoms with Gasteiger partial charge in [-0.3, -0.25) is 14.8 Å².